The number of benzene rings is 1. The molecule has 4 heterocycles. The lowest BCUT2D eigenvalue weighted by Crippen LogP contribution is -2.27. The molecule has 1 fully saturated rings. The van der Waals surface area contributed by atoms with Gasteiger partial charge < -0.3 is 14.8 Å². The van der Waals surface area contributed by atoms with Crippen LogP contribution in [0.25, 0.3) is 22.4 Å². The van der Waals surface area contributed by atoms with Crippen molar-refractivity contribution in [2.75, 3.05) is 25.1 Å². The molecule has 0 aliphatic carbocycles. The largest absolute Gasteiger partial charge is 0.442 e. The predicted molar refractivity (Wildman–Crippen MR) is 138 cm³/mol. The summed E-state index contributed by atoms with van der Waals surface area (Å²) in [5.74, 6) is 7.67. The monoisotopic (exact) mass is 497 g/mol. The molecule has 0 bridgehead atoms. The lowest BCUT2D eigenvalue weighted by molar-refractivity contribution is 0.0522. The van der Waals surface area contributed by atoms with E-state index in [1.807, 2.05) is 32.9 Å². The van der Waals surface area contributed by atoms with Crippen molar-refractivity contribution in [2.45, 2.75) is 32.8 Å². The second kappa shape index (κ2) is 10.3. The Morgan fingerprint density at radius 3 is 2.84 bits per heavy atom. The van der Waals surface area contributed by atoms with Crippen LogP contribution in [0.3, 0.4) is 0 Å². The Labute approximate surface area is 214 Å². The zero-order valence-electron chi connectivity index (χ0n) is 20.9. The topological polar surface area (TPSA) is 117 Å². The molecule has 3 aromatic heterocycles. The fourth-order valence-electron chi connectivity index (χ4n) is 3.80. The first-order chi connectivity index (χ1) is 17.8. The Kier molecular flexibility index (Phi) is 6.79. The lowest BCUT2D eigenvalue weighted by atomic mass is 10.1. The van der Waals surface area contributed by atoms with E-state index in [0.29, 0.717) is 34.6 Å². The van der Waals surface area contributed by atoms with E-state index in [-0.39, 0.29) is 0 Å². The van der Waals surface area contributed by atoms with Crippen molar-refractivity contribution < 1.29 is 14.3 Å². The van der Waals surface area contributed by atoms with Crippen molar-refractivity contribution >= 4 is 22.9 Å². The molecule has 188 valence electrons. The van der Waals surface area contributed by atoms with Crippen LogP contribution in [0.1, 0.15) is 38.4 Å². The van der Waals surface area contributed by atoms with E-state index >= 15 is 0 Å². The third kappa shape index (κ3) is 6.08. The van der Waals surface area contributed by atoms with Crippen LogP contribution >= 0.6 is 0 Å². The van der Waals surface area contributed by atoms with E-state index in [9.17, 15) is 4.79 Å². The minimum Gasteiger partial charge on any atom is -0.442 e. The summed E-state index contributed by atoms with van der Waals surface area (Å²) < 4.78 is 12.1. The van der Waals surface area contributed by atoms with Gasteiger partial charge in [0.15, 0.2) is 5.82 Å². The number of nitrogens with zero attached hydrogens (tertiary/aromatic N) is 6. The molecule has 1 aliphatic rings. The minimum absolute atomic E-state index is 0.466. The highest BCUT2D eigenvalue weighted by molar-refractivity contribution is 5.88. The number of hydrogen-bond donors (Lipinski definition) is 1. The molecule has 1 aromatic carbocycles. The highest BCUT2D eigenvalue weighted by Crippen LogP contribution is 2.18. The van der Waals surface area contributed by atoms with Crippen molar-refractivity contribution in [1.29, 1.82) is 0 Å². The van der Waals surface area contributed by atoms with Crippen molar-refractivity contribution in [3.63, 3.8) is 0 Å². The maximum absolute atomic E-state index is 12.4. The summed E-state index contributed by atoms with van der Waals surface area (Å²) in [6.45, 7) is 7.77. The zero-order valence-corrected chi connectivity index (χ0v) is 20.9. The highest BCUT2D eigenvalue weighted by Gasteiger charge is 2.20. The highest BCUT2D eigenvalue weighted by atomic mass is 16.6. The zero-order chi connectivity index (χ0) is 25.8. The lowest BCUT2D eigenvalue weighted by Gasteiger charge is -2.19. The summed E-state index contributed by atoms with van der Waals surface area (Å²) in [5, 5.41) is 8.23. The van der Waals surface area contributed by atoms with E-state index in [0.717, 1.165) is 37.1 Å². The van der Waals surface area contributed by atoms with Crippen molar-refractivity contribution in [1.82, 2.24) is 29.7 Å². The number of hydrogen-bond acceptors (Lipinski definition) is 9. The fraction of sp³-hybridized carbons (Fsp3) is 0.333. The second-order valence-electron chi connectivity index (χ2n) is 9.70. The molecule has 1 atom stereocenters. The van der Waals surface area contributed by atoms with Gasteiger partial charge in [-0.1, -0.05) is 5.92 Å². The van der Waals surface area contributed by atoms with Gasteiger partial charge >= 0.3 is 6.09 Å². The average molecular weight is 498 g/mol. The number of nitrogens with one attached hydrogen (secondary N) is 1. The summed E-state index contributed by atoms with van der Waals surface area (Å²) >= 11 is 0. The first-order valence-corrected chi connectivity index (χ1v) is 12.1. The first kappa shape index (κ1) is 24.3. The van der Waals surface area contributed by atoms with Crippen LogP contribution in [-0.2, 0) is 9.47 Å². The fourth-order valence-corrected chi connectivity index (χ4v) is 3.80. The van der Waals surface area contributed by atoms with Gasteiger partial charge in [0, 0.05) is 42.4 Å². The molecule has 0 saturated carbocycles. The molecule has 0 amide bonds. The summed E-state index contributed by atoms with van der Waals surface area (Å²) in [7, 11) is 0. The van der Waals surface area contributed by atoms with Gasteiger partial charge in [0.1, 0.15) is 17.0 Å². The first-order valence-electron chi connectivity index (χ1n) is 12.1. The molecule has 4 aromatic rings. The number of aromatic nitrogens is 6. The maximum Gasteiger partial charge on any atom is 0.435 e. The van der Waals surface area contributed by atoms with Crippen LogP contribution in [0.5, 0.6) is 0 Å². The predicted octanol–water partition coefficient (Wildman–Crippen LogP) is 3.91. The molecule has 10 heteroatoms. The third-order valence-corrected chi connectivity index (χ3v) is 5.58. The van der Waals surface area contributed by atoms with E-state index in [1.54, 1.807) is 36.8 Å². The molecule has 0 unspecified atom stereocenters. The van der Waals surface area contributed by atoms with E-state index in [1.165, 1.54) is 4.68 Å². The molecule has 37 heavy (non-hydrogen) atoms. The number of fused-ring (bicyclic) bond motifs is 1. The maximum atomic E-state index is 12.4. The Morgan fingerprint density at radius 2 is 2.03 bits per heavy atom. The van der Waals surface area contributed by atoms with Gasteiger partial charge in [-0.2, -0.15) is 9.78 Å². The van der Waals surface area contributed by atoms with Gasteiger partial charge in [-0.3, -0.25) is 0 Å². The van der Waals surface area contributed by atoms with Gasteiger partial charge in [-0.05, 0) is 63.4 Å². The second-order valence-corrected chi connectivity index (χ2v) is 9.70. The van der Waals surface area contributed by atoms with E-state index < -0.39 is 11.7 Å². The number of carbonyl (C=O) groups excluding carboxylic acids is 1. The number of anilines is 1. The summed E-state index contributed by atoms with van der Waals surface area (Å²) in [6.07, 6.45) is 5.48. The average Bonchev–Trinajstić information content (AvgIpc) is 3.55. The number of carbonyl (C=O) groups is 1. The van der Waals surface area contributed by atoms with Crippen LogP contribution in [0.15, 0.2) is 48.9 Å². The van der Waals surface area contributed by atoms with Crippen LogP contribution < -0.4 is 5.32 Å². The van der Waals surface area contributed by atoms with Crippen LogP contribution in [0.4, 0.5) is 10.7 Å². The number of rotatable bonds is 4. The molecular formula is C27H27N7O3. The molecule has 1 aliphatic heterocycles. The SMILES string of the molecule is CC(C)(C)OC(=O)n1ncc2cc(C#Cc3ccnc(-c4ccnc(NC[C@@H]5CCOC5)n4)n3)ccc21. The Balaban J connectivity index is 1.31. The van der Waals surface area contributed by atoms with Gasteiger partial charge in [0.2, 0.25) is 5.95 Å². The van der Waals surface area contributed by atoms with Gasteiger partial charge in [-0.15, -0.1) is 0 Å². The summed E-state index contributed by atoms with van der Waals surface area (Å²) in [5.41, 5.74) is 1.98. The Hall–Kier alpha value is -4.36. The van der Waals surface area contributed by atoms with E-state index in [2.05, 4.69) is 42.2 Å². The molecule has 1 saturated heterocycles. The molecule has 0 radical (unpaired) electrons. The van der Waals surface area contributed by atoms with Crippen LogP contribution in [0.2, 0.25) is 0 Å². The molecular weight excluding hydrogens is 470 g/mol. The molecule has 0 spiro atoms. The van der Waals surface area contributed by atoms with Crippen molar-refractivity contribution in [3.8, 4) is 23.4 Å². The van der Waals surface area contributed by atoms with Gasteiger partial charge in [-0.25, -0.2) is 24.7 Å². The van der Waals surface area contributed by atoms with Gasteiger partial charge in [0.25, 0.3) is 0 Å². The quantitative estimate of drug-likeness (QED) is 0.419. The molecule has 1 N–H and O–H groups in total. The standard InChI is InChI=1S/C27H27N7O3/c1-27(2,3)37-26(35)34-23-7-5-18(14-20(23)16-31-34)4-6-21-8-11-28-24(32-21)22-9-12-29-25(33-22)30-15-19-10-13-36-17-19/h5,7-9,11-12,14,16,19H,10,13,15,17H2,1-3H3,(H,29,30,33)/t19-/m0/s1. The minimum atomic E-state index is -0.605. The summed E-state index contributed by atoms with van der Waals surface area (Å²) in [6, 6.07) is 9.02. The van der Waals surface area contributed by atoms with Crippen LogP contribution in [0, 0.1) is 17.8 Å². The van der Waals surface area contributed by atoms with Crippen molar-refractivity contribution in [2.24, 2.45) is 5.92 Å². The van der Waals surface area contributed by atoms with Gasteiger partial charge in [0.05, 0.1) is 18.3 Å². The van der Waals surface area contributed by atoms with Crippen LogP contribution in [-0.4, -0.2) is 61.2 Å². The normalized spacial score (nSPS) is 15.3. The third-order valence-electron chi connectivity index (χ3n) is 5.58. The Morgan fingerprint density at radius 1 is 1.16 bits per heavy atom. The Bertz CT molecular complexity index is 1490. The van der Waals surface area contributed by atoms with Crippen molar-refractivity contribution in [3.05, 3.63) is 60.2 Å². The smallest absolute Gasteiger partial charge is 0.435 e. The van der Waals surface area contributed by atoms with E-state index in [4.69, 9.17) is 9.47 Å². The summed E-state index contributed by atoms with van der Waals surface area (Å²) in [4.78, 5) is 30.2. The molecule has 5 rings (SSSR count). The molecule has 10 nitrogen and oxygen atoms in total. The number of ether oxygens (including phenoxy) is 2.